The number of amides is 1. The van der Waals surface area contributed by atoms with E-state index in [1.807, 2.05) is 0 Å². The van der Waals surface area contributed by atoms with Gasteiger partial charge in [-0.15, -0.1) is 0 Å². The van der Waals surface area contributed by atoms with E-state index in [1.54, 1.807) is 27.8 Å². The molecule has 1 aliphatic rings. The molecule has 5 rings (SSSR count). The monoisotopic (exact) mass is 557 g/mol. The van der Waals surface area contributed by atoms with Crippen LogP contribution in [0, 0.1) is 5.13 Å². The highest BCUT2D eigenvalue weighted by molar-refractivity contribution is 7.10. The number of piperidine rings is 1. The summed E-state index contributed by atoms with van der Waals surface area (Å²) in [5.74, 6) is -0.459. The molecule has 0 spiro atoms. The minimum absolute atomic E-state index is 0.00984. The molecule has 1 saturated heterocycles. The molecule has 0 unspecified atom stereocenters. The molecule has 1 amide bonds. The second-order valence-electron chi connectivity index (χ2n) is 8.84. The van der Waals surface area contributed by atoms with Gasteiger partial charge in [-0.3, -0.25) is 4.79 Å². The average molecular weight is 557 g/mol. The molecular weight excluding hydrogens is 539 g/mol. The van der Waals surface area contributed by atoms with Crippen molar-refractivity contribution in [2.45, 2.75) is 37.7 Å². The number of aromatic nitrogens is 4. The Labute approximate surface area is 214 Å². The van der Waals surface area contributed by atoms with E-state index in [9.17, 15) is 35.5 Å². The SMILES string of the molecule is O=C(Cn1cnc2cccnc21)N1CCC(c2nc(-c3cc(C(F)(F)F)cc(C(F)(F)F)c3)c(F)s2)CC1. The number of fused-ring (bicyclic) bond motifs is 1. The van der Waals surface area contributed by atoms with E-state index in [-0.39, 0.29) is 29.4 Å². The Morgan fingerprint density at radius 1 is 1.00 bits per heavy atom. The Bertz CT molecular complexity index is 1450. The molecule has 38 heavy (non-hydrogen) atoms. The molecule has 0 bridgehead atoms. The highest BCUT2D eigenvalue weighted by Crippen LogP contribution is 2.41. The van der Waals surface area contributed by atoms with E-state index >= 15 is 0 Å². The van der Waals surface area contributed by atoms with E-state index < -0.39 is 39.9 Å². The lowest BCUT2D eigenvalue weighted by atomic mass is 9.97. The standard InChI is InChI=1S/C24H18F7N5OS/c25-20-19(14-8-15(23(26,27)28)10-16(9-14)24(29,30)31)34-22(38-20)13-3-6-35(7-4-13)18(37)11-36-12-33-17-2-1-5-32-21(17)36/h1-2,5,8-10,12-13H,3-4,6-7,11H2. The summed E-state index contributed by atoms with van der Waals surface area (Å²) in [6, 6.07) is 4.44. The van der Waals surface area contributed by atoms with Gasteiger partial charge in [-0.2, -0.15) is 30.7 Å². The normalized spacial score (nSPS) is 15.4. The van der Waals surface area contributed by atoms with Crippen molar-refractivity contribution in [2.75, 3.05) is 13.1 Å². The summed E-state index contributed by atoms with van der Waals surface area (Å²) >= 11 is 0.593. The smallest absolute Gasteiger partial charge is 0.341 e. The van der Waals surface area contributed by atoms with Crippen LogP contribution in [-0.4, -0.2) is 43.4 Å². The zero-order valence-corrected chi connectivity index (χ0v) is 20.2. The Balaban J connectivity index is 1.31. The summed E-state index contributed by atoms with van der Waals surface area (Å²) in [7, 11) is 0. The van der Waals surface area contributed by atoms with Crippen molar-refractivity contribution in [2.24, 2.45) is 0 Å². The summed E-state index contributed by atoms with van der Waals surface area (Å²) in [6.07, 6.45) is -6.15. The fourth-order valence-electron chi connectivity index (χ4n) is 4.40. The molecule has 0 N–H and O–H groups in total. The number of halogens is 7. The first-order valence-corrected chi connectivity index (χ1v) is 12.2. The zero-order valence-electron chi connectivity index (χ0n) is 19.4. The quantitative estimate of drug-likeness (QED) is 0.283. The molecule has 1 fully saturated rings. The molecule has 0 saturated carbocycles. The molecule has 1 aromatic carbocycles. The first-order chi connectivity index (χ1) is 17.9. The van der Waals surface area contributed by atoms with Crippen molar-refractivity contribution < 1.29 is 35.5 Å². The van der Waals surface area contributed by atoms with Gasteiger partial charge in [0, 0.05) is 30.8 Å². The second-order valence-corrected chi connectivity index (χ2v) is 9.82. The summed E-state index contributed by atoms with van der Waals surface area (Å²) in [5.41, 5.74) is -3.00. The number of pyridine rings is 1. The number of hydrogen-bond acceptors (Lipinski definition) is 5. The molecule has 14 heteroatoms. The lowest BCUT2D eigenvalue weighted by Crippen LogP contribution is -2.39. The lowest BCUT2D eigenvalue weighted by Gasteiger charge is -2.31. The Morgan fingerprint density at radius 3 is 2.29 bits per heavy atom. The van der Waals surface area contributed by atoms with E-state index in [2.05, 4.69) is 15.0 Å². The van der Waals surface area contributed by atoms with Gasteiger partial charge in [0.1, 0.15) is 17.8 Å². The highest BCUT2D eigenvalue weighted by Gasteiger charge is 2.38. The van der Waals surface area contributed by atoms with Crippen LogP contribution in [0.4, 0.5) is 30.7 Å². The number of likely N-dealkylation sites (tertiary alicyclic amines) is 1. The van der Waals surface area contributed by atoms with Crippen LogP contribution in [0.3, 0.4) is 0 Å². The molecule has 0 aliphatic carbocycles. The summed E-state index contributed by atoms with van der Waals surface area (Å²) in [6.45, 7) is 0.703. The van der Waals surface area contributed by atoms with Crippen LogP contribution in [0.5, 0.6) is 0 Å². The maximum atomic E-state index is 14.8. The maximum Gasteiger partial charge on any atom is 0.416 e. The second kappa shape index (κ2) is 9.64. The van der Waals surface area contributed by atoms with Gasteiger partial charge >= 0.3 is 12.4 Å². The molecule has 200 valence electrons. The largest absolute Gasteiger partial charge is 0.416 e. The first kappa shape index (κ1) is 26.1. The minimum Gasteiger partial charge on any atom is -0.341 e. The summed E-state index contributed by atoms with van der Waals surface area (Å²) < 4.78 is 95.8. The topological polar surface area (TPSA) is 63.9 Å². The number of alkyl halides is 6. The molecule has 4 aromatic rings. The average Bonchev–Trinajstić information content (AvgIpc) is 3.46. The third-order valence-electron chi connectivity index (χ3n) is 6.34. The van der Waals surface area contributed by atoms with Crippen molar-refractivity contribution in [3.8, 4) is 11.3 Å². The van der Waals surface area contributed by atoms with Crippen molar-refractivity contribution in [3.63, 3.8) is 0 Å². The van der Waals surface area contributed by atoms with Crippen LogP contribution < -0.4 is 0 Å². The van der Waals surface area contributed by atoms with Crippen LogP contribution >= 0.6 is 11.3 Å². The number of thiazole rings is 1. The van der Waals surface area contributed by atoms with E-state index in [0.717, 1.165) is 0 Å². The van der Waals surface area contributed by atoms with Gasteiger partial charge in [-0.25, -0.2) is 15.0 Å². The molecule has 6 nitrogen and oxygen atoms in total. The summed E-state index contributed by atoms with van der Waals surface area (Å²) in [4.78, 5) is 27.0. The van der Waals surface area contributed by atoms with E-state index in [4.69, 9.17) is 0 Å². The van der Waals surface area contributed by atoms with Gasteiger partial charge in [0.25, 0.3) is 0 Å². The Morgan fingerprint density at radius 2 is 1.66 bits per heavy atom. The zero-order chi connectivity index (χ0) is 27.2. The van der Waals surface area contributed by atoms with Crippen molar-refractivity contribution >= 4 is 28.4 Å². The minimum atomic E-state index is -5.05. The van der Waals surface area contributed by atoms with Crippen LogP contribution in [0.1, 0.15) is 34.9 Å². The molecule has 1 aliphatic heterocycles. The van der Waals surface area contributed by atoms with Gasteiger partial charge < -0.3 is 9.47 Å². The van der Waals surface area contributed by atoms with Gasteiger partial charge in [0.2, 0.25) is 11.0 Å². The molecule has 4 heterocycles. The van der Waals surface area contributed by atoms with Gasteiger partial charge in [0.05, 0.1) is 22.5 Å². The number of rotatable bonds is 4. The third kappa shape index (κ3) is 5.22. The van der Waals surface area contributed by atoms with Crippen molar-refractivity contribution in [3.05, 3.63) is 64.1 Å². The number of benzene rings is 1. The predicted molar refractivity (Wildman–Crippen MR) is 124 cm³/mol. The van der Waals surface area contributed by atoms with Crippen LogP contribution in [0.25, 0.3) is 22.4 Å². The number of carbonyl (C=O) groups excluding carboxylic acids is 1. The van der Waals surface area contributed by atoms with Crippen LogP contribution in [0.2, 0.25) is 0 Å². The lowest BCUT2D eigenvalue weighted by molar-refractivity contribution is -0.143. The Hall–Kier alpha value is -3.55. The van der Waals surface area contributed by atoms with Gasteiger partial charge in [-0.1, -0.05) is 11.3 Å². The fraction of sp³-hybridized carbons (Fsp3) is 0.333. The predicted octanol–water partition coefficient (Wildman–Crippen LogP) is 6.14. The molecular formula is C24H18F7N5OS. The number of carbonyl (C=O) groups is 1. The summed E-state index contributed by atoms with van der Waals surface area (Å²) in [5, 5.41) is -0.703. The molecule has 3 aromatic heterocycles. The Kier molecular flexibility index (Phi) is 6.61. The van der Waals surface area contributed by atoms with Gasteiger partial charge in [0.15, 0.2) is 5.65 Å². The van der Waals surface area contributed by atoms with Crippen molar-refractivity contribution in [1.82, 2.24) is 24.4 Å². The third-order valence-corrected chi connectivity index (χ3v) is 7.35. The van der Waals surface area contributed by atoms with Crippen molar-refractivity contribution in [1.29, 1.82) is 0 Å². The maximum absolute atomic E-state index is 14.8. The number of nitrogens with zero attached hydrogens (tertiary/aromatic N) is 5. The molecule has 0 radical (unpaired) electrons. The van der Waals surface area contributed by atoms with Gasteiger partial charge in [-0.05, 0) is 43.2 Å². The van der Waals surface area contributed by atoms with Crippen LogP contribution in [0.15, 0.2) is 42.9 Å². The fourth-order valence-corrected chi connectivity index (χ4v) is 5.38. The number of imidazole rings is 1. The van der Waals surface area contributed by atoms with Crippen LogP contribution in [-0.2, 0) is 23.7 Å². The van der Waals surface area contributed by atoms with E-state index in [1.165, 1.54) is 6.33 Å². The molecule has 0 atom stereocenters. The first-order valence-electron chi connectivity index (χ1n) is 11.4. The van der Waals surface area contributed by atoms with E-state index in [0.29, 0.717) is 60.6 Å². The highest BCUT2D eigenvalue weighted by atomic mass is 32.1. The number of hydrogen-bond donors (Lipinski definition) is 0.